The molecule has 1 saturated heterocycles. The second kappa shape index (κ2) is 7.04. The number of ether oxygens (including phenoxy) is 2. The lowest BCUT2D eigenvalue weighted by atomic mass is 10.3. The maximum absolute atomic E-state index is 13.4. The van der Waals surface area contributed by atoms with Crippen molar-refractivity contribution in [3.05, 3.63) is 48.4 Å². The zero-order valence-corrected chi connectivity index (χ0v) is 12.4. The molecule has 1 aromatic carbocycles. The minimum atomic E-state index is -0.481. The number of rotatable bonds is 5. The SMILES string of the molecule is O=C(COc1ccccc1F)N1CCC(Oc2cccnn2)C1. The number of aromatic nitrogens is 2. The van der Waals surface area contributed by atoms with Gasteiger partial charge in [0, 0.05) is 25.2 Å². The van der Waals surface area contributed by atoms with Crippen LogP contribution in [-0.2, 0) is 4.79 Å². The lowest BCUT2D eigenvalue weighted by Gasteiger charge is -2.17. The molecule has 6 nitrogen and oxygen atoms in total. The molecular weight excluding hydrogens is 301 g/mol. The van der Waals surface area contributed by atoms with Gasteiger partial charge in [-0.3, -0.25) is 4.79 Å². The highest BCUT2D eigenvalue weighted by atomic mass is 19.1. The third-order valence-corrected chi connectivity index (χ3v) is 3.52. The number of amides is 1. The van der Waals surface area contributed by atoms with E-state index in [0.29, 0.717) is 25.4 Å². The van der Waals surface area contributed by atoms with Crippen LogP contribution in [0.4, 0.5) is 4.39 Å². The highest BCUT2D eigenvalue weighted by Crippen LogP contribution is 2.18. The van der Waals surface area contributed by atoms with Crippen LogP contribution in [0.2, 0.25) is 0 Å². The van der Waals surface area contributed by atoms with Crippen molar-refractivity contribution in [1.82, 2.24) is 15.1 Å². The predicted molar refractivity (Wildman–Crippen MR) is 79.5 cm³/mol. The van der Waals surface area contributed by atoms with Gasteiger partial charge in [0.1, 0.15) is 6.10 Å². The van der Waals surface area contributed by atoms with Crippen molar-refractivity contribution in [2.45, 2.75) is 12.5 Å². The summed E-state index contributed by atoms with van der Waals surface area (Å²) in [5.74, 6) is -0.161. The Morgan fingerprint density at radius 1 is 1.30 bits per heavy atom. The second-order valence-electron chi connectivity index (χ2n) is 5.15. The Hall–Kier alpha value is -2.70. The van der Waals surface area contributed by atoms with Crippen LogP contribution in [0.5, 0.6) is 11.6 Å². The van der Waals surface area contributed by atoms with E-state index in [2.05, 4.69) is 10.2 Å². The third-order valence-electron chi connectivity index (χ3n) is 3.52. The summed E-state index contributed by atoms with van der Waals surface area (Å²) in [5.41, 5.74) is 0. The molecule has 1 aromatic heterocycles. The standard InChI is InChI=1S/C16H16FN3O3/c17-13-4-1-2-5-14(13)22-11-16(21)20-9-7-12(10-20)23-15-6-3-8-18-19-15/h1-6,8,12H,7,9-11H2. The minimum Gasteiger partial charge on any atom is -0.481 e. The van der Waals surface area contributed by atoms with E-state index in [-0.39, 0.29) is 24.4 Å². The van der Waals surface area contributed by atoms with Gasteiger partial charge in [0.25, 0.3) is 5.91 Å². The van der Waals surface area contributed by atoms with E-state index in [1.807, 2.05) is 0 Å². The summed E-state index contributed by atoms with van der Waals surface area (Å²) in [7, 11) is 0. The molecule has 120 valence electrons. The molecule has 1 amide bonds. The molecule has 0 bridgehead atoms. The van der Waals surface area contributed by atoms with Crippen LogP contribution in [0.1, 0.15) is 6.42 Å². The molecule has 1 fully saturated rings. The first kappa shape index (κ1) is 15.2. The number of hydrogen-bond donors (Lipinski definition) is 0. The van der Waals surface area contributed by atoms with E-state index in [1.165, 1.54) is 12.1 Å². The second-order valence-corrected chi connectivity index (χ2v) is 5.15. The molecule has 1 unspecified atom stereocenters. The molecule has 3 rings (SSSR count). The van der Waals surface area contributed by atoms with Crippen molar-refractivity contribution in [3.8, 4) is 11.6 Å². The van der Waals surface area contributed by atoms with Gasteiger partial charge in [-0.05, 0) is 18.2 Å². The first-order valence-corrected chi connectivity index (χ1v) is 7.32. The van der Waals surface area contributed by atoms with E-state index < -0.39 is 5.82 Å². The number of halogens is 1. The lowest BCUT2D eigenvalue weighted by molar-refractivity contribution is -0.132. The largest absolute Gasteiger partial charge is 0.481 e. The maximum atomic E-state index is 13.4. The van der Waals surface area contributed by atoms with E-state index in [0.717, 1.165) is 0 Å². The maximum Gasteiger partial charge on any atom is 0.260 e. The van der Waals surface area contributed by atoms with Gasteiger partial charge < -0.3 is 14.4 Å². The van der Waals surface area contributed by atoms with Crippen LogP contribution in [0.3, 0.4) is 0 Å². The Bertz CT molecular complexity index is 669. The summed E-state index contributed by atoms with van der Waals surface area (Å²) in [5, 5.41) is 7.60. The Morgan fingerprint density at radius 2 is 2.17 bits per heavy atom. The average Bonchev–Trinajstić information content (AvgIpc) is 3.03. The fraction of sp³-hybridized carbons (Fsp3) is 0.312. The van der Waals surface area contributed by atoms with E-state index in [4.69, 9.17) is 9.47 Å². The van der Waals surface area contributed by atoms with Crippen LogP contribution >= 0.6 is 0 Å². The zero-order chi connectivity index (χ0) is 16.1. The number of hydrogen-bond acceptors (Lipinski definition) is 5. The molecule has 2 heterocycles. The predicted octanol–water partition coefficient (Wildman–Crippen LogP) is 1.67. The summed E-state index contributed by atoms with van der Waals surface area (Å²) < 4.78 is 24.3. The molecule has 0 spiro atoms. The van der Waals surface area contributed by atoms with E-state index in [9.17, 15) is 9.18 Å². The van der Waals surface area contributed by atoms with Crippen molar-refractivity contribution >= 4 is 5.91 Å². The molecule has 0 N–H and O–H groups in total. The highest BCUT2D eigenvalue weighted by molar-refractivity contribution is 5.78. The van der Waals surface area contributed by atoms with Gasteiger partial charge >= 0.3 is 0 Å². The van der Waals surface area contributed by atoms with E-state index in [1.54, 1.807) is 35.4 Å². The van der Waals surface area contributed by atoms with Crippen LogP contribution in [-0.4, -0.2) is 46.8 Å². The molecule has 0 radical (unpaired) electrons. The van der Waals surface area contributed by atoms with Crippen molar-refractivity contribution in [2.75, 3.05) is 19.7 Å². The molecule has 7 heteroatoms. The summed E-state index contributed by atoms with van der Waals surface area (Å²) >= 11 is 0. The average molecular weight is 317 g/mol. The van der Waals surface area contributed by atoms with Crippen LogP contribution in [0, 0.1) is 5.82 Å². The summed E-state index contributed by atoms with van der Waals surface area (Å²) in [6, 6.07) is 9.47. The first-order chi connectivity index (χ1) is 11.2. The lowest BCUT2D eigenvalue weighted by Crippen LogP contribution is -2.34. The zero-order valence-electron chi connectivity index (χ0n) is 12.4. The van der Waals surface area contributed by atoms with Gasteiger partial charge in [0.15, 0.2) is 18.2 Å². The fourth-order valence-corrected chi connectivity index (χ4v) is 2.36. The number of benzene rings is 1. The Morgan fingerprint density at radius 3 is 2.96 bits per heavy atom. The molecule has 1 aliphatic rings. The molecule has 1 aliphatic heterocycles. The number of carbonyl (C=O) groups is 1. The molecular formula is C16H16FN3O3. The van der Waals surface area contributed by atoms with Crippen LogP contribution < -0.4 is 9.47 Å². The summed E-state index contributed by atoms with van der Waals surface area (Å²) in [6.45, 7) is 0.833. The van der Waals surface area contributed by atoms with Gasteiger partial charge in [-0.2, -0.15) is 5.10 Å². The van der Waals surface area contributed by atoms with E-state index >= 15 is 0 Å². The third kappa shape index (κ3) is 3.94. The van der Waals surface area contributed by atoms with Gasteiger partial charge in [0.05, 0.1) is 6.54 Å². The Labute approximate surface area is 132 Å². The first-order valence-electron chi connectivity index (χ1n) is 7.32. The molecule has 0 saturated carbocycles. The fourth-order valence-electron chi connectivity index (χ4n) is 2.36. The number of nitrogens with zero attached hydrogens (tertiary/aromatic N) is 3. The molecule has 0 aliphatic carbocycles. The van der Waals surface area contributed by atoms with Gasteiger partial charge in [-0.1, -0.05) is 12.1 Å². The topological polar surface area (TPSA) is 64.5 Å². The van der Waals surface area contributed by atoms with Crippen molar-refractivity contribution in [2.24, 2.45) is 0 Å². The highest BCUT2D eigenvalue weighted by Gasteiger charge is 2.28. The van der Waals surface area contributed by atoms with Crippen molar-refractivity contribution < 1.29 is 18.7 Å². The van der Waals surface area contributed by atoms with Gasteiger partial charge in [-0.25, -0.2) is 4.39 Å². The molecule has 1 atom stereocenters. The Kier molecular flexibility index (Phi) is 4.65. The van der Waals surface area contributed by atoms with Crippen molar-refractivity contribution in [3.63, 3.8) is 0 Å². The van der Waals surface area contributed by atoms with Gasteiger partial charge in [-0.15, -0.1) is 5.10 Å². The van der Waals surface area contributed by atoms with Gasteiger partial charge in [0.2, 0.25) is 5.88 Å². The van der Waals surface area contributed by atoms with Crippen molar-refractivity contribution in [1.29, 1.82) is 0 Å². The number of likely N-dealkylation sites (tertiary alicyclic amines) is 1. The minimum absolute atomic E-state index is 0.0763. The number of para-hydroxylation sites is 1. The smallest absolute Gasteiger partial charge is 0.260 e. The number of carbonyl (C=O) groups excluding carboxylic acids is 1. The molecule has 23 heavy (non-hydrogen) atoms. The summed E-state index contributed by atoms with van der Waals surface area (Å²) in [4.78, 5) is 13.8. The monoisotopic (exact) mass is 317 g/mol. The van der Waals surface area contributed by atoms with Crippen LogP contribution in [0.25, 0.3) is 0 Å². The van der Waals surface area contributed by atoms with Crippen LogP contribution in [0.15, 0.2) is 42.6 Å². The quantitative estimate of drug-likeness (QED) is 0.839. The molecule has 2 aromatic rings. The Balaban J connectivity index is 1.49. The summed E-state index contributed by atoms with van der Waals surface area (Å²) in [6.07, 6.45) is 2.16. The normalized spacial score (nSPS) is 17.1.